The Labute approximate surface area is 127 Å². The third-order valence-electron chi connectivity index (χ3n) is 4.54. The van der Waals surface area contributed by atoms with E-state index in [4.69, 9.17) is 0 Å². The van der Waals surface area contributed by atoms with Crippen molar-refractivity contribution in [2.75, 3.05) is 6.54 Å². The van der Waals surface area contributed by atoms with Crippen molar-refractivity contribution in [1.29, 1.82) is 0 Å². The zero-order valence-electron chi connectivity index (χ0n) is 12.8. The first-order chi connectivity index (χ1) is 10.3. The van der Waals surface area contributed by atoms with Gasteiger partial charge in [0.2, 0.25) is 0 Å². The smallest absolute Gasteiger partial charge is 0.0751 e. The van der Waals surface area contributed by atoms with E-state index in [2.05, 4.69) is 59.7 Å². The minimum Gasteiger partial charge on any atom is -0.304 e. The maximum absolute atomic E-state index is 4.56. The van der Waals surface area contributed by atoms with E-state index < -0.39 is 0 Å². The van der Waals surface area contributed by atoms with Gasteiger partial charge in [0.05, 0.1) is 11.7 Å². The molecule has 1 atom stereocenters. The molecule has 2 nitrogen and oxygen atoms in total. The summed E-state index contributed by atoms with van der Waals surface area (Å²) in [4.78, 5) is 4.56. The van der Waals surface area contributed by atoms with Gasteiger partial charge in [0.1, 0.15) is 0 Å². The zero-order valence-corrected chi connectivity index (χ0v) is 12.8. The Morgan fingerprint density at radius 1 is 1.10 bits per heavy atom. The second-order valence-corrected chi connectivity index (χ2v) is 6.23. The SMILES string of the molecule is CCCC1(CNC(c2ccccc2)c2ccccn2)CC1. The van der Waals surface area contributed by atoms with Gasteiger partial charge in [0.25, 0.3) is 0 Å². The Balaban J connectivity index is 1.77. The predicted molar refractivity (Wildman–Crippen MR) is 87.1 cm³/mol. The van der Waals surface area contributed by atoms with E-state index in [9.17, 15) is 0 Å². The van der Waals surface area contributed by atoms with Crippen molar-refractivity contribution < 1.29 is 0 Å². The first-order valence-electron chi connectivity index (χ1n) is 8.02. The molecule has 1 N–H and O–H groups in total. The number of hydrogen-bond donors (Lipinski definition) is 1. The van der Waals surface area contributed by atoms with E-state index in [1.165, 1.54) is 31.2 Å². The molecule has 0 bridgehead atoms. The lowest BCUT2D eigenvalue weighted by Gasteiger charge is -2.23. The normalized spacial score (nSPS) is 17.4. The molecule has 0 amide bonds. The van der Waals surface area contributed by atoms with Gasteiger partial charge < -0.3 is 5.32 Å². The average molecular weight is 280 g/mol. The van der Waals surface area contributed by atoms with Crippen LogP contribution >= 0.6 is 0 Å². The fourth-order valence-electron chi connectivity index (χ4n) is 3.13. The molecular formula is C19H24N2. The van der Waals surface area contributed by atoms with Crippen molar-refractivity contribution in [3.63, 3.8) is 0 Å². The zero-order chi connectivity index (χ0) is 14.5. The summed E-state index contributed by atoms with van der Waals surface area (Å²) in [6, 6.07) is 17.0. The summed E-state index contributed by atoms with van der Waals surface area (Å²) < 4.78 is 0. The van der Waals surface area contributed by atoms with Crippen LogP contribution in [0.3, 0.4) is 0 Å². The van der Waals surface area contributed by atoms with Crippen molar-refractivity contribution >= 4 is 0 Å². The molecule has 1 aromatic heterocycles. The van der Waals surface area contributed by atoms with Crippen molar-refractivity contribution in [1.82, 2.24) is 10.3 Å². The Hall–Kier alpha value is -1.67. The Morgan fingerprint density at radius 3 is 2.48 bits per heavy atom. The molecule has 2 heteroatoms. The van der Waals surface area contributed by atoms with Crippen molar-refractivity contribution in [3.8, 4) is 0 Å². The van der Waals surface area contributed by atoms with Crippen molar-refractivity contribution in [2.24, 2.45) is 5.41 Å². The van der Waals surface area contributed by atoms with Gasteiger partial charge in [-0.15, -0.1) is 0 Å². The monoisotopic (exact) mass is 280 g/mol. The molecule has 110 valence electrons. The van der Waals surface area contributed by atoms with Crippen molar-refractivity contribution in [3.05, 3.63) is 66.0 Å². The average Bonchev–Trinajstić information content (AvgIpc) is 3.30. The van der Waals surface area contributed by atoms with Gasteiger partial charge in [-0.3, -0.25) is 4.98 Å². The fourth-order valence-corrected chi connectivity index (χ4v) is 3.13. The summed E-state index contributed by atoms with van der Waals surface area (Å²) in [6.07, 6.45) is 7.24. The summed E-state index contributed by atoms with van der Waals surface area (Å²) in [6.45, 7) is 3.38. The predicted octanol–water partition coefficient (Wildman–Crippen LogP) is 4.34. The lowest BCUT2D eigenvalue weighted by Crippen LogP contribution is -2.29. The van der Waals surface area contributed by atoms with Gasteiger partial charge >= 0.3 is 0 Å². The number of hydrogen-bond acceptors (Lipinski definition) is 2. The summed E-state index contributed by atoms with van der Waals surface area (Å²) in [7, 11) is 0. The molecule has 1 aliphatic rings. The van der Waals surface area contributed by atoms with Crippen LogP contribution in [0.5, 0.6) is 0 Å². The molecule has 1 saturated carbocycles. The van der Waals surface area contributed by atoms with Crippen LogP contribution in [-0.2, 0) is 0 Å². The van der Waals surface area contributed by atoms with Gasteiger partial charge in [-0.2, -0.15) is 0 Å². The van der Waals surface area contributed by atoms with E-state index in [1.54, 1.807) is 0 Å². The second kappa shape index (κ2) is 6.40. The lowest BCUT2D eigenvalue weighted by molar-refractivity contribution is 0.402. The first kappa shape index (κ1) is 14.3. The van der Waals surface area contributed by atoms with Crippen molar-refractivity contribution in [2.45, 2.75) is 38.6 Å². The highest BCUT2D eigenvalue weighted by Gasteiger charge is 2.41. The highest BCUT2D eigenvalue weighted by atomic mass is 15.0. The van der Waals surface area contributed by atoms with Gasteiger partial charge in [-0.05, 0) is 42.4 Å². The van der Waals surface area contributed by atoms with Gasteiger partial charge in [0.15, 0.2) is 0 Å². The molecule has 1 aliphatic carbocycles. The summed E-state index contributed by atoms with van der Waals surface area (Å²) in [5, 5.41) is 3.78. The summed E-state index contributed by atoms with van der Waals surface area (Å²) >= 11 is 0. The van der Waals surface area contributed by atoms with E-state index in [-0.39, 0.29) is 6.04 Å². The van der Waals surface area contributed by atoms with Gasteiger partial charge in [-0.1, -0.05) is 49.7 Å². The third kappa shape index (κ3) is 3.51. The van der Waals surface area contributed by atoms with E-state index in [0.717, 1.165) is 12.2 Å². The Bertz CT molecular complexity index is 507. The fraction of sp³-hybridized carbons (Fsp3) is 0.421. The number of benzene rings is 1. The third-order valence-corrected chi connectivity index (χ3v) is 4.54. The van der Waals surface area contributed by atoms with E-state index in [0.29, 0.717) is 5.41 Å². The molecule has 1 heterocycles. The number of nitrogens with zero attached hydrogens (tertiary/aromatic N) is 1. The maximum Gasteiger partial charge on any atom is 0.0751 e. The molecule has 1 aromatic carbocycles. The van der Waals surface area contributed by atoms with Crippen LogP contribution in [0, 0.1) is 5.41 Å². The quantitative estimate of drug-likeness (QED) is 0.816. The van der Waals surface area contributed by atoms with E-state index in [1.807, 2.05) is 12.3 Å². The highest BCUT2D eigenvalue weighted by molar-refractivity contribution is 5.27. The van der Waals surface area contributed by atoms with Crippen LogP contribution in [0.25, 0.3) is 0 Å². The summed E-state index contributed by atoms with van der Waals surface area (Å²) in [5.41, 5.74) is 2.95. The lowest BCUT2D eigenvalue weighted by atomic mass is 9.98. The number of rotatable bonds is 7. The Morgan fingerprint density at radius 2 is 1.86 bits per heavy atom. The van der Waals surface area contributed by atoms with Crippen LogP contribution in [0.2, 0.25) is 0 Å². The molecule has 21 heavy (non-hydrogen) atoms. The molecule has 1 unspecified atom stereocenters. The summed E-state index contributed by atoms with van der Waals surface area (Å²) in [5.74, 6) is 0. The molecule has 1 fully saturated rings. The van der Waals surface area contributed by atoms with Crippen LogP contribution in [-0.4, -0.2) is 11.5 Å². The minimum absolute atomic E-state index is 0.196. The molecule has 0 radical (unpaired) electrons. The maximum atomic E-state index is 4.56. The van der Waals surface area contributed by atoms with Crippen LogP contribution in [0.15, 0.2) is 54.7 Å². The molecular weight excluding hydrogens is 256 g/mol. The van der Waals surface area contributed by atoms with Crippen LogP contribution < -0.4 is 5.32 Å². The second-order valence-electron chi connectivity index (χ2n) is 6.23. The number of aromatic nitrogens is 1. The molecule has 3 rings (SSSR count). The van der Waals surface area contributed by atoms with E-state index >= 15 is 0 Å². The van der Waals surface area contributed by atoms with Gasteiger partial charge in [0, 0.05) is 12.7 Å². The van der Waals surface area contributed by atoms with Crippen LogP contribution in [0.1, 0.15) is 49.9 Å². The standard InChI is InChI=1S/C19H24N2/c1-2-11-19(12-13-19)15-21-18(16-8-4-3-5-9-16)17-10-6-7-14-20-17/h3-10,14,18,21H,2,11-13,15H2,1H3. The first-order valence-corrected chi connectivity index (χ1v) is 8.02. The van der Waals surface area contributed by atoms with Crippen LogP contribution in [0.4, 0.5) is 0 Å². The Kier molecular flexibility index (Phi) is 4.35. The molecule has 2 aromatic rings. The molecule has 0 spiro atoms. The largest absolute Gasteiger partial charge is 0.304 e. The van der Waals surface area contributed by atoms with Gasteiger partial charge in [-0.25, -0.2) is 0 Å². The number of pyridine rings is 1. The highest BCUT2D eigenvalue weighted by Crippen LogP contribution is 2.49. The topological polar surface area (TPSA) is 24.9 Å². The molecule has 0 saturated heterocycles. The molecule has 0 aliphatic heterocycles. The number of nitrogens with one attached hydrogen (secondary N) is 1. The minimum atomic E-state index is 0.196.